The molecule has 0 atom stereocenters. The van der Waals surface area contributed by atoms with Gasteiger partial charge in [-0.3, -0.25) is 0 Å². The van der Waals surface area contributed by atoms with Crippen molar-refractivity contribution < 1.29 is 19.8 Å². The molecule has 2 aromatic carbocycles. The van der Waals surface area contributed by atoms with Crippen molar-refractivity contribution in [2.45, 2.75) is 26.7 Å². The van der Waals surface area contributed by atoms with E-state index in [4.69, 9.17) is 45.0 Å². The fourth-order valence-electron chi connectivity index (χ4n) is 3.57. The van der Waals surface area contributed by atoms with E-state index in [0.29, 0.717) is 44.6 Å². The number of carboxylic acids is 2. The second-order valence-electron chi connectivity index (χ2n) is 6.89. The second kappa shape index (κ2) is 8.23. The minimum absolute atomic E-state index is 0.247. The number of carbonyl (C=O) groups is 2. The average Bonchev–Trinajstić information content (AvgIpc) is 3.24. The van der Waals surface area contributed by atoms with Crippen LogP contribution in [0.3, 0.4) is 0 Å². The number of allylic oxidation sites excluding steroid dienone is 2. The first-order valence-corrected chi connectivity index (χ1v) is 9.89. The lowest BCUT2D eigenvalue weighted by atomic mass is 10.0. The molecule has 2 aliphatic rings. The van der Waals surface area contributed by atoms with Crippen LogP contribution >= 0.6 is 34.8 Å². The van der Waals surface area contributed by atoms with E-state index in [9.17, 15) is 9.59 Å². The van der Waals surface area contributed by atoms with E-state index in [0.717, 1.165) is 22.3 Å². The zero-order valence-electron chi connectivity index (χ0n) is 15.6. The van der Waals surface area contributed by atoms with E-state index in [2.05, 4.69) is 0 Å². The summed E-state index contributed by atoms with van der Waals surface area (Å²) < 4.78 is 0. The number of benzene rings is 2. The molecule has 0 fully saturated rings. The number of aryl methyl sites for hydroxylation is 2. The van der Waals surface area contributed by atoms with Crippen LogP contribution in [-0.2, 0) is 22.4 Å². The van der Waals surface area contributed by atoms with Crippen molar-refractivity contribution in [1.82, 2.24) is 0 Å². The van der Waals surface area contributed by atoms with Gasteiger partial charge >= 0.3 is 11.9 Å². The number of hydrogen-bond donors (Lipinski definition) is 2. The predicted octanol–water partition coefficient (Wildman–Crippen LogP) is 6.00. The van der Waals surface area contributed by atoms with Crippen LogP contribution in [0.5, 0.6) is 0 Å². The molecule has 0 spiro atoms. The van der Waals surface area contributed by atoms with Gasteiger partial charge in [-0.1, -0.05) is 59.1 Å². The number of rotatable bonds is 2. The third kappa shape index (κ3) is 4.06. The smallest absolute Gasteiger partial charge is 0.336 e. The molecule has 150 valence electrons. The summed E-state index contributed by atoms with van der Waals surface area (Å²) in [6, 6.07) is 5.66. The molecule has 0 aromatic heterocycles. The van der Waals surface area contributed by atoms with E-state index in [1.165, 1.54) is 0 Å². The van der Waals surface area contributed by atoms with Gasteiger partial charge in [0.05, 0.1) is 21.2 Å². The topological polar surface area (TPSA) is 74.6 Å². The molecule has 0 saturated heterocycles. The van der Waals surface area contributed by atoms with Gasteiger partial charge in [-0.05, 0) is 55.0 Å². The second-order valence-corrected chi connectivity index (χ2v) is 8.05. The highest BCUT2D eigenvalue weighted by atomic mass is 35.5. The lowest BCUT2D eigenvalue weighted by Crippen LogP contribution is -1.99. The number of halogens is 3. The molecule has 4 nitrogen and oxygen atoms in total. The summed E-state index contributed by atoms with van der Waals surface area (Å²) in [5.41, 5.74) is 5.70. The highest BCUT2D eigenvalue weighted by molar-refractivity contribution is 6.44. The zero-order chi connectivity index (χ0) is 21.5. The first kappa shape index (κ1) is 21.4. The van der Waals surface area contributed by atoms with Gasteiger partial charge in [0, 0.05) is 16.1 Å². The van der Waals surface area contributed by atoms with Crippen molar-refractivity contribution in [3.8, 4) is 0 Å². The molecule has 0 bridgehead atoms. The maximum Gasteiger partial charge on any atom is 0.336 e. The SMILES string of the molecule is Cc1cc(Cl)c2c(c1)CC=C2C(=O)O.Cc1cc2c(c(Cl)c1Cl)C(C(=O)O)=CC2. The summed E-state index contributed by atoms with van der Waals surface area (Å²) in [6.45, 7) is 3.80. The normalized spacial score (nSPS) is 13.7. The number of fused-ring (bicyclic) bond motifs is 2. The van der Waals surface area contributed by atoms with Gasteiger partial charge in [0.15, 0.2) is 0 Å². The third-order valence-corrected chi connectivity index (χ3v) is 6.10. The largest absolute Gasteiger partial charge is 0.478 e. The summed E-state index contributed by atoms with van der Waals surface area (Å²) in [5.74, 6) is -1.87. The molecule has 0 amide bonds. The van der Waals surface area contributed by atoms with Crippen LogP contribution in [0.1, 0.15) is 33.4 Å². The quantitative estimate of drug-likeness (QED) is 0.587. The maximum absolute atomic E-state index is 10.9. The Hall–Kier alpha value is -2.27. The van der Waals surface area contributed by atoms with Gasteiger partial charge in [-0.25, -0.2) is 9.59 Å². The van der Waals surface area contributed by atoms with Gasteiger partial charge in [0.25, 0.3) is 0 Å². The van der Waals surface area contributed by atoms with Crippen LogP contribution in [0.4, 0.5) is 0 Å². The van der Waals surface area contributed by atoms with E-state index in [-0.39, 0.29) is 5.57 Å². The van der Waals surface area contributed by atoms with Gasteiger partial charge in [0.1, 0.15) is 0 Å². The van der Waals surface area contributed by atoms with E-state index < -0.39 is 11.9 Å². The number of hydrogen-bond acceptors (Lipinski definition) is 2. The molecule has 29 heavy (non-hydrogen) atoms. The van der Waals surface area contributed by atoms with Gasteiger partial charge in [-0.2, -0.15) is 0 Å². The van der Waals surface area contributed by atoms with E-state index >= 15 is 0 Å². The first-order chi connectivity index (χ1) is 13.6. The van der Waals surface area contributed by atoms with Crippen molar-refractivity contribution in [1.29, 1.82) is 0 Å². The Kier molecular flexibility index (Phi) is 6.08. The van der Waals surface area contributed by atoms with Crippen molar-refractivity contribution >= 4 is 57.9 Å². The van der Waals surface area contributed by atoms with Crippen LogP contribution in [0.2, 0.25) is 15.1 Å². The van der Waals surface area contributed by atoms with Crippen LogP contribution in [0.15, 0.2) is 30.4 Å². The highest BCUT2D eigenvalue weighted by Gasteiger charge is 2.25. The van der Waals surface area contributed by atoms with Crippen LogP contribution in [-0.4, -0.2) is 22.2 Å². The molecule has 0 saturated carbocycles. The zero-order valence-corrected chi connectivity index (χ0v) is 17.9. The molecular weight excluding hydrogens is 435 g/mol. The molecule has 0 unspecified atom stereocenters. The summed E-state index contributed by atoms with van der Waals surface area (Å²) in [7, 11) is 0. The Bertz CT molecular complexity index is 1110. The summed E-state index contributed by atoms with van der Waals surface area (Å²) >= 11 is 18.0. The van der Waals surface area contributed by atoms with Crippen LogP contribution in [0, 0.1) is 13.8 Å². The fourth-order valence-corrected chi connectivity index (χ4v) is 4.48. The number of aliphatic carboxylic acids is 2. The Morgan fingerprint density at radius 3 is 1.86 bits per heavy atom. The van der Waals surface area contributed by atoms with Crippen molar-refractivity contribution in [3.63, 3.8) is 0 Å². The molecule has 7 heteroatoms. The molecule has 2 aromatic rings. The lowest BCUT2D eigenvalue weighted by Gasteiger charge is -2.09. The fraction of sp³-hybridized carbons (Fsp3) is 0.182. The van der Waals surface area contributed by atoms with Gasteiger partial charge in [-0.15, -0.1) is 0 Å². The summed E-state index contributed by atoms with van der Waals surface area (Å²) in [5, 5.41) is 19.2. The molecule has 0 radical (unpaired) electrons. The molecule has 4 rings (SSSR count). The van der Waals surface area contributed by atoms with Crippen LogP contribution < -0.4 is 0 Å². The highest BCUT2D eigenvalue weighted by Crippen LogP contribution is 2.39. The van der Waals surface area contributed by atoms with Gasteiger partial charge < -0.3 is 10.2 Å². The Balaban J connectivity index is 0.000000166. The van der Waals surface area contributed by atoms with Crippen molar-refractivity contribution in [2.75, 3.05) is 0 Å². The molecular formula is C22H17Cl3O4. The van der Waals surface area contributed by atoms with E-state index in [1.807, 2.05) is 26.0 Å². The third-order valence-electron chi connectivity index (χ3n) is 4.84. The average molecular weight is 452 g/mol. The standard InChI is InChI=1S/C11H8Cl2O2.C11H9ClO2/c1-5-4-6-2-3-7(11(14)15)8(6)10(13)9(5)12;1-6-4-7-2-3-8(11(13)14)10(7)9(12)5-6/h3-4H,2H2,1H3,(H,14,15);3-5H,2H2,1H3,(H,13,14). The first-order valence-electron chi connectivity index (χ1n) is 8.76. The molecule has 0 aliphatic heterocycles. The minimum atomic E-state index is -0.962. The summed E-state index contributed by atoms with van der Waals surface area (Å²) in [6.07, 6.45) is 4.64. The lowest BCUT2D eigenvalue weighted by molar-refractivity contribution is -0.131. The molecule has 2 N–H and O–H groups in total. The molecule has 0 heterocycles. The Labute approximate surface area is 183 Å². The minimum Gasteiger partial charge on any atom is -0.478 e. The van der Waals surface area contributed by atoms with Crippen molar-refractivity contribution in [3.05, 3.63) is 78.8 Å². The van der Waals surface area contributed by atoms with Crippen molar-refractivity contribution in [2.24, 2.45) is 0 Å². The summed E-state index contributed by atoms with van der Waals surface area (Å²) in [4.78, 5) is 21.8. The molecule has 2 aliphatic carbocycles. The predicted molar refractivity (Wildman–Crippen MR) is 116 cm³/mol. The Morgan fingerprint density at radius 1 is 0.793 bits per heavy atom. The maximum atomic E-state index is 10.9. The van der Waals surface area contributed by atoms with Gasteiger partial charge in [0.2, 0.25) is 0 Å². The van der Waals surface area contributed by atoms with Crippen LogP contribution in [0.25, 0.3) is 11.1 Å². The van der Waals surface area contributed by atoms with E-state index in [1.54, 1.807) is 18.2 Å². The number of carboxylic acid groups (broad SMARTS) is 2. The Morgan fingerprint density at radius 2 is 1.31 bits per heavy atom. The monoisotopic (exact) mass is 450 g/mol.